The molecule has 0 bridgehead atoms. The van der Waals surface area contributed by atoms with Gasteiger partial charge in [-0.2, -0.15) is 0 Å². The summed E-state index contributed by atoms with van der Waals surface area (Å²) in [6, 6.07) is 0. The molecule has 0 aliphatic carbocycles. The van der Waals surface area contributed by atoms with E-state index in [-0.39, 0.29) is 0 Å². The molecule has 0 radical (unpaired) electrons. The van der Waals surface area contributed by atoms with Gasteiger partial charge >= 0.3 is 0 Å². The Balaban J connectivity index is 3.16. The molecule has 0 N–H and O–H groups in total. The van der Waals surface area contributed by atoms with E-state index in [1.165, 1.54) is 6.42 Å². The standard InChI is InChI=1S/C7H10Cl2/c1-2-3-4-5-6-7(8)9/h7H,2-4H2,1H3. The monoisotopic (exact) mass is 164 g/mol. The van der Waals surface area contributed by atoms with Crippen LogP contribution in [0.25, 0.3) is 0 Å². The van der Waals surface area contributed by atoms with Gasteiger partial charge in [-0.05, 0) is 6.42 Å². The zero-order valence-corrected chi connectivity index (χ0v) is 6.97. The van der Waals surface area contributed by atoms with Gasteiger partial charge in [0.25, 0.3) is 0 Å². The predicted octanol–water partition coefficient (Wildman–Crippen LogP) is 2.98. The molecule has 0 nitrogen and oxygen atoms in total. The van der Waals surface area contributed by atoms with Crippen LogP contribution in [-0.2, 0) is 0 Å². The first-order valence-corrected chi connectivity index (χ1v) is 3.91. The van der Waals surface area contributed by atoms with E-state index in [0.29, 0.717) is 0 Å². The molecule has 0 aromatic rings. The minimum atomic E-state index is -0.512. The average molecular weight is 165 g/mol. The van der Waals surface area contributed by atoms with E-state index in [4.69, 9.17) is 23.2 Å². The molecule has 0 saturated heterocycles. The molecular formula is C7H10Cl2. The molecule has 0 amide bonds. The maximum Gasteiger partial charge on any atom is 0.167 e. The molecule has 0 aliphatic heterocycles. The Morgan fingerprint density at radius 2 is 2.11 bits per heavy atom. The summed E-state index contributed by atoms with van der Waals surface area (Å²) in [7, 11) is 0. The van der Waals surface area contributed by atoms with Gasteiger partial charge in [-0.3, -0.25) is 0 Å². The largest absolute Gasteiger partial charge is 0.167 e. The fraction of sp³-hybridized carbons (Fsp3) is 0.714. The van der Waals surface area contributed by atoms with Crippen molar-refractivity contribution in [3.05, 3.63) is 0 Å². The van der Waals surface area contributed by atoms with Gasteiger partial charge in [-0.15, -0.1) is 5.92 Å². The Morgan fingerprint density at radius 3 is 2.56 bits per heavy atom. The van der Waals surface area contributed by atoms with Gasteiger partial charge in [-0.1, -0.05) is 42.5 Å². The van der Waals surface area contributed by atoms with E-state index in [1.54, 1.807) is 0 Å². The molecule has 0 aliphatic rings. The fourth-order valence-corrected chi connectivity index (χ4v) is 0.569. The number of halogens is 2. The Hall–Kier alpha value is 0.140. The lowest BCUT2D eigenvalue weighted by molar-refractivity contribution is 0.828. The van der Waals surface area contributed by atoms with Crippen LogP contribution in [0.4, 0.5) is 0 Å². The highest BCUT2D eigenvalue weighted by Crippen LogP contribution is 1.98. The van der Waals surface area contributed by atoms with E-state index in [0.717, 1.165) is 12.8 Å². The third-order valence-electron chi connectivity index (χ3n) is 0.867. The maximum absolute atomic E-state index is 5.35. The number of hydrogen-bond donors (Lipinski definition) is 0. The topological polar surface area (TPSA) is 0 Å². The van der Waals surface area contributed by atoms with Crippen LogP contribution in [0.15, 0.2) is 0 Å². The summed E-state index contributed by atoms with van der Waals surface area (Å²) in [6.07, 6.45) is 3.21. The molecule has 0 aromatic heterocycles. The Bertz CT molecular complexity index is 108. The van der Waals surface area contributed by atoms with Crippen LogP contribution in [0.5, 0.6) is 0 Å². The van der Waals surface area contributed by atoms with Gasteiger partial charge in [-0.25, -0.2) is 0 Å². The van der Waals surface area contributed by atoms with Crippen molar-refractivity contribution in [2.24, 2.45) is 0 Å². The van der Waals surface area contributed by atoms with Crippen molar-refractivity contribution in [1.29, 1.82) is 0 Å². The van der Waals surface area contributed by atoms with Gasteiger partial charge in [0.15, 0.2) is 4.84 Å². The van der Waals surface area contributed by atoms with Crippen molar-refractivity contribution in [2.75, 3.05) is 0 Å². The summed E-state index contributed by atoms with van der Waals surface area (Å²) in [5.74, 6) is 5.53. The Kier molecular flexibility index (Phi) is 6.36. The third-order valence-corrected chi connectivity index (χ3v) is 1.08. The van der Waals surface area contributed by atoms with Gasteiger partial charge in [0, 0.05) is 6.42 Å². The molecule has 0 rings (SSSR count). The average Bonchev–Trinajstić information content (AvgIpc) is 1.80. The summed E-state index contributed by atoms with van der Waals surface area (Å²) in [5, 5.41) is 0. The summed E-state index contributed by atoms with van der Waals surface area (Å²) in [4.78, 5) is -0.512. The second-order valence-electron chi connectivity index (χ2n) is 1.73. The van der Waals surface area contributed by atoms with Crippen molar-refractivity contribution < 1.29 is 0 Å². The summed E-state index contributed by atoms with van der Waals surface area (Å²) < 4.78 is 0. The zero-order chi connectivity index (χ0) is 7.11. The first-order valence-electron chi connectivity index (χ1n) is 3.04. The zero-order valence-electron chi connectivity index (χ0n) is 5.45. The fourth-order valence-electron chi connectivity index (χ4n) is 0.414. The van der Waals surface area contributed by atoms with Crippen LogP contribution in [0, 0.1) is 11.8 Å². The number of unbranched alkanes of at least 4 members (excludes halogenated alkanes) is 2. The van der Waals surface area contributed by atoms with Crippen molar-refractivity contribution in [3.8, 4) is 11.8 Å². The van der Waals surface area contributed by atoms with Crippen LogP contribution in [0.3, 0.4) is 0 Å². The molecule has 2 heteroatoms. The highest BCUT2D eigenvalue weighted by Gasteiger charge is 1.85. The predicted molar refractivity (Wildman–Crippen MR) is 42.8 cm³/mol. The van der Waals surface area contributed by atoms with Crippen LogP contribution >= 0.6 is 23.2 Å². The molecule has 0 saturated carbocycles. The van der Waals surface area contributed by atoms with Crippen LogP contribution in [-0.4, -0.2) is 4.84 Å². The second-order valence-corrected chi connectivity index (χ2v) is 2.82. The molecule has 0 atom stereocenters. The number of alkyl halides is 2. The summed E-state index contributed by atoms with van der Waals surface area (Å²) in [6.45, 7) is 2.13. The molecule has 0 spiro atoms. The van der Waals surface area contributed by atoms with Gasteiger partial charge in [0.1, 0.15) is 0 Å². The smallest absolute Gasteiger partial charge is 0.100 e. The SMILES string of the molecule is CCCCC#CC(Cl)Cl. The van der Waals surface area contributed by atoms with Gasteiger partial charge in [0.2, 0.25) is 0 Å². The first kappa shape index (κ1) is 9.14. The highest BCUT2D eigenvalue weighted by molar-refractivity contribution is 6.46. The van der Waals surface area contributed by atoms with E-state index in [2.05, 4.69) is 18.8 Å². The van der Waals surface area contributed by atoms with E-state index in [1.807, 2.05) is 0 Å². The molecule has 0 heterocycles. The lowest BCUT2D eigenvalue weighted by Gasteiger charge is -1.84. The lowest BCUT2D eigenvalue weighted by atomic mass is 10.3. The van der Waals surface area contributed by atoms with Crippen molar-refractivity contribution in [3.63, 3.8) is 0 Å². The quantitative estimate of drug-likeness (QED) is 0.335. The maximum atomic E-state index is 5.35. The van der Waals surface area contributed by atoms with Crippen molar-refractivity contribution in [2.45, 2.75) is 31.0 Å². The first-order chi connectivity index (χ1) is 4.27. The molecule has 9 heavy (non-hydrogen) atoms. The van der Waals surface area contributed by atoms with Crippen LogP contribution < -0.4 is 0 Å². The summed E-state index contributed by atoms with van der Waals surface area (Å²) in [5.41, 5.74) is 0. The molecule has 0 unspecified atom stereocenters. The number of hydrogen-bond acceptors (Lipinski definition) is 0. The summed E-state index contributed by atoms with van der Waals surface area (Å²) >= 11 is 10.7. The van der Waals surface area contributed by atoms with Gasteiger partial charge < -0.3 is 0 Å². The van der Waals surface area contributed by atoms with Crippen LogP contribution in [0.1, 0.15) is 26.2 Å². The van der Waals surface area contributed by atoms with Crippen molar-refractivity contribution >= 4 is 23.2 Å². The van der Waals surface area contributed by atoms with Crippen LogP contribution in [0.2, 0.25) is 0 Å². The van der Waals surface area contributed by atoms with Crippen molar-refractivity contribution in [1.82, 2.24) is 0 Å². The second kappa shape index (κ2) is 6.26. The van der Waals surface area contributed by atoms with E-state index < -0.39 is 4.84 Å². The highest BCUT2D eigenvalue weighted by atomic mass is 35.5. The molecule has 52 valence electrons. The lowest BCUT2D eigenvalue weighted by Crippen LogP contribution is -1.76. The Labute approximate surface area is 66.5 Å². The molecule has 0 fully saturated rings. The molecule has 0 aromatic carbocycles. The number of rotatable bonds is 2. The van der Waals surface area contributed by atoms with Gasteiger partial charge in [0.05, 0.1) is 0 Å². The van der Waals surface area contributed by atoms with E-state index >= 15 is 0 Å². The minimum Gasteiger partial charge on any atom is -0.100 e. The third kappa shape index (κ3) is 8.14. The molecular weight excluding hydrogens is 155 g/mol. The normalized spacial score (nSPS) is 8.89. The van der Waals surface area contributed by atoms with E-state index in [9.17, 15) is 0 Å². The minimum absolute atomic E-state index is 0.512. The Morgan fingerprint density at radius 1 is 1.44 bits per heavy atom.